The second-order valence-electron chi connectivity index (χ2n) is 4.97. The monoisotopic (exact) mass is 301 g/mol. The molecule has 0 saturated heterocycles. The van der Waals surface area contributed by atoms with Crippen LogP contribution in [-0.2, 0) is 4.79 Å². The van der Waals surface area contributed by atoms with E-state index in [0.29, 0.717) is 11.7 Å². The number of aliphatic hydroxyl groups is 1. The minimum absolute atomic E-state index is 0.126. The molecule has 0 heterocycles. The number of benzene rings is 1. The zero-order chi connectivity index (χ0) is 15.8. The van der Waals surface area contributed by atoms with Gasteiger partial charge in [-0.2, -0.15) is 0 Å². The van der Waals surface area contributed by atoms with Crippen LogP contribution in [0.15, 0.2) is 24.3 Å². The summed E-state index contributed by atoms with van der Waals surface area (Å²) in [6.45, 7) is 2.56. The number of carbonyl (C=O) groups excluding carboxylic acids is 1. The first-order valence-electron chi connectivity index (χ1n) is 6.83. The SMILES string of the molecule is CC(C)c1cccc(OCC(=O)N(CCO)CC(F)F)c1. The molecule has 0 aromatic heterocycles. The third-order valence-corrected chi connectivity index (χ3v) is 2.97. The third kappa shape index (κ3) is 6.08. The first-order valence-corrected chi connectivity index (χ1v) is 6.83. The van der Waals surface area contributed by atoms with Gasteiger partial charge in [-0.15, -0.1) is 0 Å². The minimum Gasteiger partial charge on any atom is -0.484 e. The van der Waals surface area contributed by atoms with Crippen molar-refractivity contribution < 1.29 is 23.4 Å². The molecule has 0 aliphatic heterocycles. The highest BCUT2D eigenvalue weighted by atomic mass is 19.3. The van der Waals surface area contributed by atoms with E-state index < -0.39 is 18.9 Å². The zero-order valence-electron chi connectivity index (χ0n) is 12.3. The standard InChI is InChI=1S/C15H21F2NO3/c1-11(2)12-4-3-5-13(8-12)21-10-15(20)18(6-7-19)9-14(16)17/h3-5,8,11,14,19H,6-7,9-10H2,1-2H3. The lowest BCUT2D eigenvalue weighted by Crippen LogP contribution is -2.40. The average molecular weight is 301 g/mol. The number of ether oxygens (including phenoxy) is 1. The molecule has 1 N–H and O–H groups in total. The summed E-state index contributed by atoms with van der Waals surface area (Å²) in [6, 6.07) is 7.30. The van der Waals surface area contributed by atoms with E-state index >= 15 is 0 Å². The van der Waals surface area contributed by atoms with E-state index in [0.717, 1.165) is 10.5 Å². The maximum Gasteiger partial charge on any atom is 0.260 e. The molecule has 21 heavy (non-hydrogen) atoms. The maximum absolute atomic E-state index is 12.4. The van der Waals surface area contributed by atoms with Crippen LogP contribution in [-0.4, -0.2) is 48.6 Å². The number of halogens is 2. The van der Waals surface area contributed by atoms with Crippen molar-refractivity contribution in [2.75, 3.05) is 26.3 Å². The predicted octanol–water partition coefficient (Wildman–Crippen LogP) is 2.27. The number of alkyl halides is 2. The van der Waals surface area contributed by atoms with Crippen LogP contribution in [0, 0.1) is 0 Å². The third-order valence-electron chi connectivity index (χ3n) is 2.97. The molecule has 118 valence electrons. The fraction of sp³-hybridized carbons (Fsp3) is 0.533. The molecule has 1 amide bonds. The van der Waals surface area contributed by atoms with E-state index in [1.54, 1.807) is 6.07 Å². The molecular weight excluding hydrogens is 280 g/mol. The highest BCUT2D eigenvalue weighted by molar-refractivity contribution is 5.77. The number of rotatable bonds is 8. The molecule has 0 fully saturated rings. The van der Waals surface area contributed by atoms with E-state index in [2.05, 4.69) is 0 Å². The lowest BCUT2D eigenvalue weighted by Gasteiger charge is -2.21. The molecule has 4 nitrogen and oxygen atoms in total. The lowest BCUT2D eigenvalue weighted by molar-refractivity contribution is -0.135. The summed E-state index contributed by atoms with van der Waals surface area (Å²) in [5.41, 5.74) is 1.07. The Balaban J connectivity index is 2.59. The number of nitrogens with zero attached hydrogens (tertiary/aromatic N) is 1. The van der Waals surface area contributed by atoms with Gasteiger partial charge in [-0.25, -0.2) is 8.78 Å². The van der Waals surface area contributed by atoms with E-state index in [-0.39, 0.29) is 19.8 Å². The van der Waals surface area contributed by atoms with Crippen molar-refractivity contribution in [3.63, 3.8) is 0 Å². The van der Waals surface area contributed by atoms with Crippen LogP contribution in [0.4, 0.5) is 8.78 Å². The Hall–Kier alpha value is -1.69. The number of amides is 1. The largest absolute Gasteiger partial charge is 0.484 e. The first-order chi connectivity index (χ1) is 9.93. The van der Waals surface area contributed by atoms with Crippen LogP contribution in [0.25, 0.3) is 0 Å². The van der Waals surface area contributed by atoms with E-state index in [1.165, 1.54) is 0 Å². The minimum atomic E-state index is -2.63. The number of aliphatic hydroxyl groups excluding tert-OH is 1. The van der Waals surface area contributed by atoms with E-state index in [9.17, 15) is 13.6 Å². The van der Waals surface area contributed by atoms with Gasteiger partial charge in [0, 0.05) is 6.54 Å². The molecule has 6 heteroatoms. The van der Waals surface area contributed by atoms with Gasteiger partial charge in [-0.3, -0.25) is 4.79 Å². The Morgan fingerprint density at radius 3 is 2.67 bits per heavy atom. The number of hydrogen-bond acceptors (Lipinski definition) is 3. The molecule has 0 aliphatic rings. The first kappa shape index (κ1) is 17.4. The highest BCUT2D eigenvalue weighted by Gasteiger charge is 2.18. The Morgan fingerprint density at radius 2 is 2.10 bits per heavy atom. The van der Waals surface area contributed by atoms with Crippen LogP contribution < -0.4 is 4.74 Å². The van der Waals surface area contributed by atoms with Gasteiger partial charge in [0.1, 0.15) is 5.75 Å². The van der Waals surface area contributed by atoms with Crippen molar-refractivity contribution in [1.29, 1.82) is 0 Å². The van der Waals surface area contributed by atoms with Gasteiger partial charge in [0.15, 0.2) is 6.61 Å². The summed E-state index contributed by atoms with van der Waals surface area (Å²) in [7, 11) is 0. The molecule has 0 unspecified atom stereocenters. The maximum atomic E-state index is 12.4. The summed E-state index contributed by atoms with van der Waals surface area (Å²) >= 11 is 0. The van der Waals surface area contributed by atoms with Gasteiger partial charge in [0.25, 0.3) is 12.3 Å². The van der Waals surface area contributed by atoms with Gasteiger partial charge in [0.05, 0.1) is 13.2 Å². The van der Waals surface area contributed by atoms with Crippen LogP contribution in [0.2, 0.25) is 0 Å². The van der Waals surface area contributed by atoms with Crippen molar-refractivity contribution in [3.05, 3.63) is 29.8 Å². The molecule has 1 aromatic rings. The van der Waals surface area contributed by atoms with E-state index in [4.69, 9.17) is 9.84 Å². The smallest absolute Gasteiger partial charge is 0.260 e. The average Bonchev–Trinajstić information content (AvgIpc) is 2.44. The molecule has 1 rings (SSSR count). The Kier molecular flexibility index (Phi) is 7.08. The van der Waals surface area contributed by atoms with E-state index in [1.807, 2.05) is 32.0 Å². The van der Waals surface area contributed by atoms with Crippen molar-refractivity contribution in [1.82, 2.24) is 4.90 Å². The molecule has 0 radical (unpaired) electrons. The quantitative estimate of drug-likeness (QED) is 0.801. The second kappa shape index (κ2) is 8.56. The van der Waals surface area contributed by atoms with Gasteiger partial charge in [-0.1, -0.05) is 26.0 Å². The number of carbonyl (C=O) groups is 1. The predicted molar refractivity (Wildman–Crippen MR) is 75.7 cm³/mol. The second-order valence-corrected chi connectivity index (χ2v) is 4.97. The lowest BCUT2D eigenvalue weighted by atomic mass is 10.0. The summed E-state index contributed by atoms with van der Waals surface area (Å²) < 4.78 is 30.1. The van der Waals surface area contributed by atoms with Crippen LogP contribution in [0.3, 0.4) is 0 Å². The van der Waals surface area contributed by atoms with Crippen LogP contribution in [0.5, 0.6) is 5.75 Å². The van der Waals surface area contributed by atoms with Gasteiger partial charge in [0.2, 0.25) is 0 Å². The summed E-state index contributed by atoms with van der Waals surface area (Å²) in [6.07, 6.45) is -2.63. The molecular formula is C15H21F2NO3. The Labute approximate surface area is 123 Å². The van der Waals surface area contributed by atoms with Crippen molar-refractivity contribution in [2.24, 2.45) is 0 Å². The highest BCUT2D eigenvalue weighted by Crippen LogP contribution is 2.20. The van der Waals surface area contributed by atoms with Crippen LogP contribution >= 0.6 is 0 Å². The fourth-order valence-electron chi connectivity index (χ4n) is 1.80. The van der Waals surface area contributed by atoms with Crippen LogP contribution in [0.1, 0.15) is 25.3 Å². The van der Waals surface area contributed by atoms with Gasteiger partial charge in [-0.05, 0) is 23.6 Å². The summed E-state index contributed by atoms with van der Waals surface area (Å²) in [5.74, 6) is 0.281. The topological polar surface area (TPSA) is 49.8 Å². The molecule has 0 spiro atoms. The van der Waals surface area contributed by atoms with Gasteiger partial charge < -0.3 is 14.7 Å². The van der Waals surface area contributed by atoms with Crippen molar-refractivity contribution >= 4 is 5.91 Å². The molecule has 0 saturated carbocycles. The van der Waals surface area contributed by atoms with Crippen molar-refractivity contribution in [2.45, 2.75) is 26.2 Å². The fourth-order valence-corrected chi connectivity index (χ4v) is 1.80. The Morgan fingerprint density at radius 1 is 1.38 bits per heavy atom. The molecule has 0 atom stereocenters. The molecule has 0 bridgehead atoms. The van der Waals surface area contributed by atoms with Crippen molar-refractivity contribution in [3.8, 4) is 5.75 Å². The number of hydrogen-bond donors (Lipinski definition) is 1. The van der Waals surface area contributed by atoms with Gasteiger partial charge >= 0.3 is 0 Å². The Bertz CT molecular complexity index is 452. The summed E-state index contributed by atoms with van der Waals surface area (Å²) in [5, 5.41) is 8.80. The zero-order valence-corrected chi connectivity index (χ0v) is 12.3. The molecule has 1 aromatic carbocycles. The molecule has 0 aliphatic carbocycles. The normalized spacial score (nSPS) is 11.0. The summed E-state index contributed by atoms with van der Waals surface area (Å²) in [4.78, 5) is 12.7.